The van der Waals surface area contributed by atoms with Gasteiger partial charge in [-0.15, -0.1) is 0 Å². The molecule has 1 aromatic carbocycles. The van der Waals surface area contributed by atoms with Gasteiger partial charge in [0, 0.05) is 30.7 Å². The quantitative estimate of drug-likeness (QED) is 0.827. The Morgan fingerprint density at radius 2 is 2.33 bits per heavy atom. The van der Waals surface area contributed by atoms with Crippen molar-refractivity contribution in [2.45, 2.75) is 25.4 Å². The third-order valence-electron chi connectivity index (χ3n) is 3.35. The lowest BCUT2D eigenvalue weighted by molar-refractivity contribution is 0.179. The Hall–Kier alpha value is -0.610. The van der Waals surface area contributed by atoms with Crippen LogP contribution in [0.5, 0.6) is 0 Å². The van der Waals surface area contributed by atoms with Gasteiger partial charge in [-0.05, 0) is 37.1 Å². The second kappa shape index (κ2) is 7.10. The molecule has 1 aliphatic heterocycles. The molecule has 3 nitrogen and oxygen atoms in total. The average molecular weight is 269 g/mol. The highest BCUT2D eigenvalue weighted by molar-refractivity contribution is 6.30. The fourth-order valence-corrected chi connectivity index (χ4v) is 2.71. The third-order valence-corrected chi connectivity index (χ3v) is 3.59. The molecule has 0 radical (unpaired) electrons. The molecule has 1 atom stereocenters. The van der Waals surface area contributed by atoms with E-state index in [4.69, 9.17) is 16.7 Å². The van der Waals surface area contributed by atoms with E-state index in [1.165, 1.54) is 18.4 Å². The zero-order valence-electron chi connectivity index (χ0n) is 10.6. The Morgan fingerprint density at radius 1 is 1.44 bits per heavy atom. The summed E-state index contributed by atoms with van der Waals surface area (Å²) in [6, 6.07) is 8.50. The van der Waals surface area contributed by atoms with Crippen LogP contribution in [-0.4, -0.2) is 42.3 Å². The Labute approximate surface area is 114 Å². The molecule has 1 aliphatic rings. The van der Waals surface area contributed by atoms with Gasteiger partial charge >= 0.3 is 0 Å². The summed E-state index contributed by atoms with van der Waals surface area (Å²) < 4.78 is 0. The lowest BCUT2D eigenvalue weighted by atomic mass is 10.1. The fraction of sp³-hybridized carbons (Fsp3) is 0.571. The van der Waals surface area contributed by atoms with Gasteiger partial charge in [-0.1, -0.05) is 23.7 Å². The number of aliphatic hydroxyl groups excluding tert-OH is 1. The van der Waals surface area contributed by atoms with Gasteiger partial charge in [-0.3, -0.25) is 4.90 Å². The van der Waals surface area contributed by atoms with Gasteiger partial charge in [0.05, 0.1) is 6.61 Å². The number of rotatable bonds is 6. The van der Waals surface area contributed by atoms with Gasteiger partial charge in [0.1, 0.15) is 0 Å². The molecule has 2 rings (SSSR count). The van der Waals surface area contributed by atoms with E-state index in [9.17, 15) is 0 Å². The molecule has 2 N–H and O–H groups in total. The first kappa shape index (κ1) is 13.8. The summed E-state index contributed by atoms with van der Waals surface area (Å²) in [5, 5.41) is 13.4. The van der Waals surface area contributed by atoms with Crippen molar-refractivity contribution < 1.29 is 5.11 Å². The van der Waals surface area contributed by atoms with E-state index in [1.54, 1.807) is 0 Å². The number of nitrogens with one attached hydrogen (secondary N) is 1. The first-order chi connectivity index (χ1) is 8.78. The van der Waals surface area contributed by atoms with Gasteiger partial charge in [0.25, 0.3) is 0 Å². The van der Waals surface area contributed by atoms with Crippen LogP contribution in [0.3, 0.4) is 0 Å². The molecular formula is C14H21ClN2O. The monoisotopic (exact) mass is 268 g/mol. The van der Waals surface area contributed by atoms with Crippen LogP contribution >= 0.6 is 11.6 Å². The largest absolute Gasteiger partial charge is 0.395 e. The van der Waals surface area contributed by atoms with Gasteiger partial charge in [0.2, 0.25) is 0 Å². The summed E-state index contributed by atoms with van der Waals surface area (Å²) >= 11 is 6.00. The van der Waals surface area contributed by atoms with Crippen molar-refractivity contribution in [1.29, 1.82) is 0 Å². The smallest absolute Gasteiger partial charge is 0.0558 e. The molecule has 0 bridgehead atoms. The van der Waals surface area contributed by atoms with E-state index in [1.807, 2.05) is 18.2 Å². The SMILES string of the molecule is OCCN(Cc1cccc(Cl)c1)CC1CCCN1. The second-order valence-electron chi connectivity index (χ2n) is 4.88. The first-order valence-electron chi connectivity index (χ1n) is 6.59. The van der Waals surface area contributed by atoms with Crippen molar-refractivity contribution >= 4 is 11.6 Å². The predicted octanol–water partition coefficient (Wildman–Crippen LogP) is 1.89. The van der Waals surface area contributed by atoms with Crippen molar-refractivity contribution in [1.82, 2.24) is 10.2 Å². The van der Waals surface area contributed by atoms with Crippen LogP contribution < -0.4 is 5.32 Å². The van der Waals surface area contributed by atoms with Crippen molar-refractivity contribution in [3.8, 4) is 0 Å². The predicted molar refractivity (Wildman–Crippen MR) is 74.8 cm³/mol. The summed E-state index contributed by atoms with van der Waals surface area (Å²) in [5.41, 5.74) is 1.20. The molecule has 1 heterocycles. The Balaban J connectivity index is 1.92. The summed E-state index contributed by atoms with van der Waals surface area (Å²) in [6.07, 6.45) is 2.49. The normalized spacial score (nSPS) is 19.6. The molecule has 1 aromatic rings. The van der Waals surface area contributed by atoms with Crippen LogP contribution in [-0.2, 0) is 6.54 Å². The third kappa shape index (κ3) is 4.25. The van der Waals surface area contributed by atoms with Crippen molar-refractivity contribution in [2.75, 3.05) is 26.2 Å². The number of benzene rings is 1. The van der Waals surface area contributed by atoms with E-state index >= 15 is 0 Å². The maximum absolute atomic E-state index is 9.16. The lowest BCUT2D eigenvalue weighted by Gasteiger charge is -2.25. The van der Waals surface area contributed by atoms with Crippen molar-refractivity contribution in [3.05, 3.63) is 34.9 Å². The van der Waals surface area contributed by atoms with Crippen molar-refractivity contribution in [3.63, 3.8) is 0 Å². The summed E-state index contributed by atoms with van der Waals surface area (Å²) in [4.78, 5) is 2.29. The molecule has 0 amide bonds. The number of nitrogens with zero attached hydrogens (tertiary/aromatic N) is 1. The lowest BCUT2D eigenvalue weighted by Crippen LogP contribution is -2.38. The van der Waals surface area contributed by atoms with Gasteiger partial charge in [-0.2, -0.15) is 0 Å². The molecule has 18 heavy (non-hydrogen) atoms. The average Bonchev–Trinajstić information content (AvgIpc) is 2.82. The first-order valence-corrected chi connectivity index (χ1v) is 6.97. The van der Waals surface area contributed by atoms with Gasteiger partial charge in [-0.25, -0.2) is 0 Å². The van der Waals surface area contributed by atoms with Crippen LogP contribution in [0.25, 0.3) is 0 Å². The van der Waals surface area contributed by atoms with Crippen LogP contribution in [0.4, 0.5) is 0 Å². The molecule has 1 unspecified atom stereocenters. The summed E-state index contributed by atoms with van der Waals surface area (Å²) in [5.74, 6) is 0. The molecule has 1 saturated heterocycles. The number of hydrogen-bond donors (Lipinski definition) is 2. The molecule has 0 spiro atoms. The van der Waals surface area contributed by atoms with Gasteiger partial charge in [0.15, 0.2) is 0 Å². The minimum Gasteiger partial charge on any atom is -0.395 e. The molecular weight excluding hydrogens is 248 g/mol. The Kier molecular flexibility index (Phi) is 5.45. The Morgan fingerprint density at radius 3 is 3.00 bits per heavy atom. The molecule has 0 aliphatic carbocycles. The highest BCUT2D eigenvalue weighted by atomic mass is 35.5. The highest BCUT2D eigenvalue weighted by Crippen LogP contribution is 2.14. The van der Waals surface area contributed by atoms with E-state index in [0.717, 1.165) is 24.7 Å². The van der Waals surface area contributed by atoms with Crippen LogP contribution in [0.1, 0.15) is 18.4 Å². The molecule has 0 aromatic heterocycles. The maximum Gasteiger partial charge on any atom is 0.0558 e. The minimum atomic E-state index is 0.202. The molecule has 4 heteroatoms. The second-order valence-corrected chi connectivity index (χ2v) is 5.32. The minimum absolute atomic E-state index is 0.202. The molecule has 0 saturated carbocycles. The number of halogens is 1. The number of hydrogen-bond acceptors (Lipinski definition) is 3. The highest BCUT2D eigenvalue weighted by Gasteiger charge is 2.17. The summed E-state index contributed by atoms with van der Waals surface area (Å²) in [6.45, 7) is 3.87. The maximum atomic E-state index is 9.16. The van der Waals surface area contributed by atoms with E-state index < -0.39 is 0 Å². The van der Waals surface area contributed by atoms with E-state index in [2.05, 4.69) is 16.3 Å². The Bertz CT molecular complexity index is 367. The van der Waals surface area contributed by atoms with Crippen molar-refractivity contribution in [2.24, 2.45) is 0 Å². The topological polar surface area (TPSA) is 35.5 Å². The van der Waals surface area contributed by atoms with Crippen LogP contribution in [0.2, 0.25) is 5.02 Å². The molecule has 100 valence electrons. The zero-order chi connectivity index (χ0) is 12.8. The van der Waals surface area contributed by atoms with E-state index in [0.29, 0.717) is 12.6 Å². The van der Waals surface area contributed by atoms with Crippen LogP contribution in [0, 0.1) is 0 Å². The zero-order valence-corrected chi connectivity index (χ0v) is 11.4. The molecule has 1 fully saturated rings. The van der Waals surface area contributed by atoms with Gasteiger partial charge < -0.3 is 10.4 Å². The standard InChI is InChI=1S/C14H21ClN2O/c15-13-4-1-3-12(9-13)10-17(7-8-18)11-14-5-2-6-16-14/h1,3-4,9,14,16,18H,2,5-8,10-11H2. The number of aliphatic hydroxyl groups is 1. The summed E-state index contributed by atoms with van der Waals surface area (Å²) in [7, 11) is 0. The fourth-order valence-electron chi connectivity index (χ4n) is 2.49. The van der Waals surface area contributed by atoms with Crippen LogP contribution in [0.15, 0.2) is 24.3 Å². The van der Waals surface area contributed by atoms with E-state index in [-0.39, 0.29) is 6.61 Å².